The zero-order valence-corrected chi connectivity index (χ0v) is 14.3. The van der Waals surface area contributed by atoms with Gasteiger partial charge in [0.1, 0.15) is 5.75 Å². The Morgan fingerprint density at radius 2 is 2.14 bits per heavy atom. The predicted molar refractivity (Wildman–Crippen MR) is 94.8 cm³/mol. The van der Waals surface area contributed by atoms with Crippen LogP contribution in [0.15, 0.2) is 30.9 Å². The first-order chi connectivity index (χ1) is 10.6. The van der Waals surface area contributed by atoms with Gasteiger partial charge >= 0.3 is 0 Å². The number of fused-ring (bicyclic) bond motifs is 1. The molecule has 0 saturated heterocycles. The highest BCUT2D eigenvalue weighted by Gasteiger charge is 2.13. The van der Waals surface area contributed by atoms with Gasteiger partial charge < -0.3 is 9.72 Å². The third-order valence-electron chi connectivity index (χ3n) is 4.14. The normalized spacial score (nSPS) is 11.5. The van der Waals surface area contributed by atoms with E-state index in [2.05, 4.69) is 49.4 Å². The number of benzene rings is 1. The molecule has 1 heterocycles. The molecule has 0 aliphatic rings. The van der Waals surface area contributed by atoms with Crippen molar-refractivity contribution in [1.29, 1.82) is 0 Å². The summed E-state index contributed by atoms with van der Waals surface area (Å²) in [6.07, 6.45) is 3.02. The third-order valence-corrected chi connectivity index (χ3v) is 4.14. The summed E-state index contributed by atoms with van der Waals surface area (Å²) in [6.45, 7) is 15.2. The lowest BCUT2D eigenvalue weighted by Gasteiger charge is -2.25. The number of rotatable bonds is 8. The maximum atomic E-state index is 5.64. The lowest BCUT2D eigenvalue weighted by Crippen LogP contribution is -2.32. The maximum absolute atomic E-state index is 5.64. The standard InChI is InChI=1S/C19H28N2O/c1-6-11-21(14(3)4)12-10-17-15(5)20-19-9-8-16(22-7-2)13-18(17)19/h6,8-9,13-14,20H,1,7,10-12H2,2-5H3. The highest BCUT2D eigenvalue weighted by molar-refractivity contribution is 5.86. The third kappa shape index (κ3) is 3.72. The number of nitrogens with zero attached hydrogens (tertiary/aromatic N) is 1. The van der Waals surface area contributed by atoms with Gasteiger partial charge in [-0.3, -0.25) is 4.90 Å². The Morgan fingerprint density at radius 1 is 1.36 bits per heavy atom. The van der Waals surface area contributed by atoms with E-state index in [0.717, 1.165) is 25.3 Å². The molecule has 0 amide bonds. The number of hydrogen-bond acceptors (Lipinski definition) is 2. The molecule has 0 aliphatic carbocycles. The Hall–Kier alpha value is -1.74. The van der Waals surface area contributed by atoms with E-state index in [4.69, 9.17) is 4.74 Å². The first-order valence-corrected chi connectivity index (χ1v) is 8.15. The Labute approximate surface area is 134 Å². The zero-order valence-electron chi connectivity index (χ0n) is 14.3. The van der Waals surface area contributed by atoms with Crippen LogP contribution in [0.2, 0.25) is 0 Å². The van der Waals surface area contributed by atoms with Gasteiger partial charge in [0, 0.05) is 35.7 Å². The van der Waals surface area contributed by atoms with E-state index in [1.807, 2.05) is 19.1 Å². The molecule has 0 radical (unpaired) electrons. The highest BCUT2D eigenvalue weighted by atomic mass is 16.5. The summed E-state index contributed by atoms with van der Waals surface area (Å²) >= 11 is 0. The second-order valence-electron chi connectivity index (χ2n) is 6.00. The van der Waals surface area contributed by atoms with E-state index >= 15 is 0 Å². The van der Waals surface area contributed by atoms with Crippen molar-refractivity contribution in [3.63, 3.8) is 0 Å². The zero-order chi connectivity index (χ0) is 16.1. The fraction of sp³-hybridized carbons (Fsp3) is 0.474. The van der Waals surface area contributed by atoms with E-state index in [1.54, 1.807) is 0 Å². The quantitative estimate of drug-likeness (QED) is 0.736. The molecule has 0 aliphatic heterocycles. The Kier molecular flexibility index (Phi) is 5.67. The highest BCUT2D eigenvalue weighted by Crippen LogP contribution is 2.27. The van der Waals surface area contributed by atoms with Crippen molar-refractivity contribution >= 4 is 10.9 Å². The second kappa shape index (κ2) is 7.50. The fourth-order valence-corrected chi connectivity index (χ4v) is 2.92. The summed E-state index contributed by atoms with van der Waals surface area (Å²) in [4.78, 5) is 5.93. The molecule has 22 heavy (non-hydrogen) atoms. The number of aromatic amines is 1. The van der Waals surface area contributed by atoms with Gasteiger partial charge in [-0.15, -0.1) is 6.58 Å². The molecule has 0 fully saturated rings. The maximum Gasteiger partial charge on any atom is 0.120 e. The summed E-state index contributed by atoms with van der Waals surface area (Å²) in [5.41, 5.74) is 3.84. The van der Waals surface area contributed by atoms with Crippen LogP contribution in [0, 0.1) is 6.92 Å². The number of aromatic nitrogens is 1. The van der Waals surface area contributed by atoms with Crippen LogP contribution in [0.3, 0.4) is 0 Å². The van der Waals surface area contributed by atoms with Gasteiger partial charge in [0.05, 0.1) is 6.61 Å². The van der Waals surface area contributed by atoms with Gasteiger partial charge in [-0.05, 0) is 57.9 Å². The average Bonchev–Trinajstić information content (AvgIpc) is 2.79. The Bertz CT molecular complexity index is 628. The molecule has 3 heteroatoms. The van der Waals surface area contributed by atoms with Crippen molar-refractivity contribution in [3.8, 4) is 5.75 Å². The largest absolute Gasteiger partial charge is 0.494 e. The first-order valence-electron chi connectivity index (χ1n) is 8.15. The van der Waals surface area contributed by atoms with Gasteiger partial charge in [-0.1, -0.05) is 6.08 Å². The summed E-state index contributed by atoms with van der Waals surface area (Å²) in [5.74, 6) is 0.946. The number of nitrogens with one attached hydrogen (secondary N) is 1. The number of aryl methyl sites for hydroxylation is 1. The fourth-order valence-electron chi connectivity index (χ4n) is 2.92. The van der Waals surface area contributed by atoms with Crippen LogP contribution in [-0.4, -0.2) is 35.6 Å². The average molecular weight is 300 g/mol. The summed E-state index contributed by atoms with van der Waals surface area (Å²) in [7, 11) is 0. The molecular formula is C19H28N2O. The van der Waals surface area contributed by atoms with Crippen LogP contribution in [0.4, 0.5) is 0 Å². The van der Waals surface area contributed by atoms with Crippen molar-refractivity contribution in [1.82, 2.24) is 9.88 Å². The molecule has 1 N–H and O–H groups in total. The van der Waals surface area contributed by atoms with E-state index in [-0.39, 0.29) is 0 Å². The van der Waals surface area contributed by atoms with Crippen LogP contribution in [0.1, 0.15) is 32.0 Å². The molecule has 0 atom stereocenters. The first kappa shape index (κ1) is 16.6. The monoisotopic (exact) mass is 300 g/mol. The van der Waals surface area contributed by atoms with Crippen LogP contribution in [0.5, 0.6) is 5.75 Å². The van der Waals surface area contributed by atoms with Crippen LogP contribution >= 0.6 is 0 Å². The summed E-state index contributed by atoms with van der Waals surface area (Å²) in [6, 6.07) is 6.83. The molecule has 2 aromatic rings. The van der Waals surface area contributed by atoms with Gasteiger partial charge in [0.25, 0.3) is 0 Å². The van der Waals surface area contributed by atoms with Gasteiger partial charge in [0.15, 0.2) is 0 Å². The number of hydrogen-bond donors (Lipinski definition) is 1. The Balaban J connectivity index is 2.23. The van der Waals surface area contributed by atoms with Gasteiger partial charge in [-0.2, -0.15) is 0 Å². The lowest BCUT2D eigenvalue weighted by molar-refractivity contribution is 0.249. The topological polar surface area (TPSA) is 28.3 Å². The van der Waals surface area contributed by atoms with Crippen LogP contribution < -0.4 is 4.74 Å². The number of H-pyrrole nitrogens is 1. The molecule has 0 unspecified atom stereocenters. The molecular weight excluding hydrogens is 272 g/mol. The van der Waals surface area contributed by atoms with Crippen molar-refractivity contribution in [3.05, 3.63) is 42.1 Å². The minimum atomic E-state index is 0.530. The van der Waals surface area contributed by atoms with E-state index < -0.39 is 0 Å². The SMILES string of the molecule is C=CCN(CCc1c(C)[nH]c2ccc(OCC)cc12)C(C)C. The van der Waals surface area contributed by atoms with Crippen molar-refractivity contribution in [2.24, 2.45) is 0 Å². The van der Waals surface area contributed by atoms with E-state index in [9.17, 15) is 0 Å². The molecule has 2 rings (SSSR count). The molecule has 1 aromatic heterocycles. The van der Waals surface area contributed by atoms with Crippen molar-refractivity contribution in [2.75, 3.05) is 19.7 Å². The van der Waals surface area contributed by atoms with Crippen LogP contribution in [0.25, 0.3) is 10.9 Å². The van der Waals surface area contributed by atoms with E-state index in [1.165, 1.54) is 22.2 Å². The number of ether oxygens (including phenoxy) is 1. The van der Waals surface area contributed by atoms with Gasteiger partial charge in [-0.25, -0.2) is 0 Å². The summed E-state index contributed by atoms with van der Waals surface area (Å²) in [5, 5.41) is 1.28. The minimum absolute atomic E-state index is 0.530. The van der Waals surface area contributed by atoms with Crippen molar-refractivity contribution in [2.45, 2.75) is 40.2 Å². The minimum Gasteiger partial charge on any atom is -0.494 e. The van der Waals surface area contributed by atoms with E-state index in [0.29, 0.717) is 12.6 Å². The lowest BCUT2D eigenvalue weighted by atomic mass is 10.1. The predicted octanol–water partition coefficient (Wildman–Crippen LogP) is 4.31. The molecule has 120 valence electrons. The van der Waals surface area contributed by atoms with Gasteiger partial charge in [0.2, 0.25) is 0 Å². The molecule has 0 spiro atoms. The van der Waals surface area contributed by atoms with Crippen molar-refractivity contribution < 1.29 is 4.74 Å². The second-order valence-corrected chi connectivity index (χ2v) is 6.00. The molecule has 0 bridgehead atoms. The molecule has 1 aromatic carbocycles. The molecule has 3 nitrogen and oxygen atoms in total. The summed E-state index contributed by atoms with van der Waals surface area (Å²) < 4.78 is 5.64. The Morgan fingerprint density at radius 3 is 2.77 bits per heavy atom. The molecule has 0 saturated carbocycles. The smallest absolute Gasteiger partial charge is 0.120 e. The van der Waals surface area contributed by atoms with Crippen LogP contribution in [-0.2, 0) is 6.42 Å².